The van der Waals surface area contributed by atoms with E-state index >= 15 is 0 Å². The average Bonchev–Trinajstić information content (AvgIpc) is 2.83. The van der Waals surface area contributed by atoms with Crippen molar-refractivity contribution in [3.63, 3.8) is 0 Å². The third kappa shape index (κ3) is 5.80. The Bertz CT molecular complexity index is 1170. The van der Waals surface area contributed by atoms with E-state index in [9.17, 15) is 14.7 Å². The fraction of sp³-hybridized carbons (Fsp3) is 0.200. The molecule has 3 aromatic rings. The van der Waals surface area contributed by atoms with E-state index in [1.807, 2.05) is 31.2 Å². The summed E-state index contributed by atoms with van der Waals surface area (Å²) in [4.78, 5) is 32.8. The molecular formula is C25H23Cl2N3O4. The second-order valence-electron chi connectivity index (χ2n) is 7.53. The van der Waals surface area contributed by atoms with Gasteiger partial charge in [0.1, 0.15) is 11.6 Å². The molecule has 0 aliphatic rings. The Morgan fingerprint density at radius 3 is 2.26 bits per heavy atom. The first kappa shape index (κ1) is 25.4. The van der Waals surface area contributed by atoms with Crippen molar-refractivity contribution in [3.05, 3.63) is 99.6 Å². The number of carboxylic acid groups (broad SMARTS) is 1. The number of methoxy groups -OCH3 is 1. The SMILES string of the molecule is COC(C)(c1ccc(/C=C/CC(NC(=O)c2c(Cl)cccc2Cl)C(=O)O)cc1)c1ncccn1. The van der Waals surface area contributed by atoms with Crippen LogP contribution in [0.4, 0.5) is 0 Å². The van der Waals surface area contributed by atoms with Crippen molar-refractivity contribution < 1.29 is 19.4 Å². The van der Waals surface area contributed by atoms with Gasteiger partial charge in [0, 0.05) is 19.5 Å². The number of nitrogens with one attached hydrogen (secondary N) is 1. The third-order valence-corrected chi connectivity index (χ3v) is 5.97. The summed E-state index contributed by atoms with van der Waals surface area (Å²) < 4.78 is 5.71. The summed E-state index contributed by atoms with van der Waals surface area (Å²) in [5, 5.41) is 12.3. The Balaban J connectivity index is 1.69. The van der Waals surface area contributed by atoms with Crippen molar-refractivity contribution in [2.45, 2.75) is 25.0 Å². The molecule has 2 N–H and O–H groups in total. The first-order chi connectivity index (χ1) is 16.3. The van der Waals surface area contributed by atoms with Gasteiger partial charge in [-0.1, -0.05) is 65.7 Å². The fourth-order valence-corrected chi connectivity index (χ4v) is 3.87. The molecule has 2 aromatic carbocycles. The molecule has 1 heterocycles. The summed E-state index contributed by atoms with van der Waals surface area (Å²) in [5.74, 6) is -1.28. The number of nitrogens with zero attached hydrogens (tertiary/aromatic N) is 2. The zero-order valence-electron chi connectivity index (χ0n) is 18.5. The molecule has 0 aliphatic heterocycles. The molecule has 0 saturated heterocycles. The lowest BCUT2D eigenvalue weighted by atomic mass is 9.93. The molecule has 2 atom stereocenters. The van der Waals surface area contributed by atoms with E-state index in [2.05, 4.69) is 15.3 Å². The predicted molar refractivity (Wildman–Crippen MR) is 131 cm³/mol. The van der Waals surface area contributed by atoms with Gasteiger partial charge in [-0.25, -0.2) is 14.8 Å². The standard InChI is InChI=1S/C25H23Cl2N3O4/c1-25(34-2,24-28-14-5-15-29-24)17-12-10-16(11-13-17)6-3-9-20(23(32)33)30-22(31)21-18(26)7-4-8-19(21)27/h3-8,10-15,20H,9H2,1-2H3,(H,30,31)(H,32,33)/b6-3+. The molecule has 1 aromatic heterocycles. The summed E-state index contributed by atoms with van der Waals surface area (Å²) in [6, 6.07) is 12.8. The van der Waals surface area contributed by atoms with Gasteiger partial charge in [-0.15, -0.1) is 0 Å². The number of carbonyl (C=O) groups is 2. The van der Waals surface area contributed by atoms with Crippen molar-refractivity contribution in [3.8, 4) is 0 Å². The van der Waals surface area contributed by atoms with Gasteiger partial charge < -0.3 is 15.2 Å². The zero-order chi connectivity index (χ0) is 24.7. The minimum atomic E-state index is -1.17. The van der Waals surface area contributed by atoms with E-state index in [4.69, 9.17) is 27.9 Å². The second kappa shape index (κ2) is 11.2. The Hall–Kier alpha value is -3.26. The highest BCUT2D eigenvalue weighted by atomic mass is 35.5. The molecular weight excluding hydrogens is 477 g/mol. The maximum absolute atomic E-state index is 12.5. The van der Waals surface area contributed by atoms with Gasteiger partial charge in [0.25, 0.3) is 5.91 Å². The van der Waals surface area contributed by atoms with Gasteiger partial charge >= 0.3 is 5.97 Å². The number of amides is 1. The van der Waals surface area contributed by atoms with Crippen LogP contribution in [0.2, 0.25) is 10.0 Å². The predicted octanol–water partition coefficient (Wildman–Crippen LogP) is 4.98. The number of ether oxygens (including phenoxy) is 1. The number of carboxylic acids is 1. The molecule has 3 rings (SSSR count). The lowest BCUT2D eigenvalue weighted by molar-refractivity contribution is -0.139. The number of aromatic nitrogens is 2. The summed E-state index contributed by atoms with van der Waals surface area (Å²) >= 11 is 12.1. The highest BCUT2D eigenvalue weighted by Gasteiger charge is 2.31. The second-order valence-corrected chi connectivity index (χ2v) is 8.35. The summed E-state index contributed by atoms with van der Waals surface area (Å²) in [6.07, 6.45) is 6.84. The lowest BCUT2D eigenvalue weighted by Crippen LogP contribution is -2.40. The summed E-state index contributed by atoms with van der Waals surface area (Å²) in [6.45, 7) is 1.89. The quantitative estimate of drug-likeness (QED) is 0.430. The number of aliphatic carboxylic acids is 1. The molecule has 0 spiro atoms. The van der Waals surface area contributed by atoms with E-state index in [1.165, 1.54) is 12.1 Å². The van der Waals surface area contributed by atoms with E-state index < -0.39 is 23.5 Å². The molecule has 7 nitrogen and oxygen atoms in total. The number of rotatable bonds is 9. The van der Waals surface area contributed by atoms with Gasteiger partial charge in [0.15, 0.2) is 5.82 Å². The maximum Gasteiger partial charge on any atom is 0.326 e. The van der Waals surface area contributed by atoms with Crippen molar-refractivity contribution in [1.29, 1.82) is 0 Å². The van der Waals surface area contributed by atoms with Crippen LogP contribution in [0.3, 0.4) is 0 Å². The molecule has 0 saturated carbocycles. The Morgan fingerprint density at radius 2 is 1.71 bits per heavy atom. The lowest BCUT2D eigenvalue weighted by Gasteiger charge is -2.27. The van der Waals surface area contributed by atoms with E-state index in [0.29, 0.717) is 5.82 Å². The van der Waals surface area contributed by atoms with Gasteiger partial charge in [-0.3, -0.25) is 4.79 Å². The number of benzene rings is 2. The Labute approximate surface area is 207 Å². The Morgan fingerprint density at radius 1 is 1.09 bits per heavy atom. The van der Waals surface area contributed by atoms with E-state index in [1.54, 1.807) is 43.8 Å². The van der Waals surface area contributed by atoms with E-state index in [0.717, 1.165) is 11.1 Å². The maximum atomic E-state index is 12.5. The third-order valence-electron chi connectivity index (χ3n) is 5.34. The first-order valence-electron chi connectivity index (χ1n) is 10.3. The molecule has 9 heteroatoms. The number of hydrogen-bond donors (Lipinski definition) is 2. The van der Waals surface area contributed by atoms with Crippen LogP contribution in [0.15, 0.2) is 67.0 Å². The van der Waals surface area contributed by atoms with Crippen LogP contribution in [0.25, 0.3) is 6.08 Å². The van der Waals surface area contributed by atoms with Crippen LogP contribution in [-0.4, -0.2) is 40.1 Å². The van der Waals surface area contributed by atoms with Crippen molar-refractivity contribution >= 4 is 41.2 Å². The minimum Gasteiger partial charge on any atom is -0.480 e. The van der Waals surface area contributed by atoms with Crippen molar-refractivity contribution in [1.82, 2.24) is 15.3 Å². The van der Waals surface area contributed by atoms with Gasteiger partial charge in [-0.2, -0.15) is 0 Å². The topological polar surface area (TPSA) is 101 Å². The summed E-state index contributed by atoms with van der Waals surface area (Å²) in [5.41, 5.74) is 0.939. The normalized spacial score (nSPS) is 13.9. The molecule has 0 fully saturated rings. The molecule has 176 valence electrons. The van der Waals surface area contributed by atoms with Crippen LogP contribution in [0.1, 0.15) is 40.7 Å². The largest absolute Gasteiger partial charge is 0.480 e. The van der Waals surface area contributed by atoms with Crippen LogP contribution in [0.5, 0.6) is 0 Å². The van der Waals surface area contributed by atoms with Crippen LogP contribution >= 0.6 is 23.2 Å². The van der Waals surface area contributed by atoms with Crippen LogP contribution < -0.4 is 5.32 Å². The van der Waals surface area contributed by atoms with Gasteiger partial charge in [-0.05, 0) is 42.7 Å². The molecule has 0 bridgehead atoms. The highest BCUT2D eigenvalue weighted by molar-refractivity contribution is 6.39. The monoisotopic (exact) mass is 499 g/mol. The molecule has 2 unspecified atom stereocenters. The smallest absolute Gasteiger partial charge is 0.326 e. The molecule has 34 heavy (non-hydrogen) atoms. The highest BCUT2D eigenvalue weighted by Crippen LogP contribution is 2.30. The van der Waals surface area contributed by atoms with Crippen LogP contribution in [-0.2, 0) is 15.1 Å². The fourth-order valence-electron chi connectivity index (χ4n) is 3.30. The number of hydrogen-bond acceptors (Lipinski definition) is 5. The zero-order valence-corrected chi connectivity index (χ0v) is 20.0. The number of carbonyl (C=O) groups excluding carboxylic acids is 1. The molecule has 0 aliphatic carbocycles. The van der Waals surface area contributed by atoms with E-state index in [-0.39, 0.29) is 22.0 Å². The average molecular weight is 500 g/mol. The number of halogens is 2. The van der Waals surface area contributed by atoms with Gasteiger partial charge in [0.2, 0.25) is 0 Å². The van der Waals surface area contributed by atoms with Crippen molar-refractivity contribution in [2.24, 2.45) is 0 Å². The minimum absolute atomic E-state index is 0.0419. The van der Waals surface area contributed by atoms with Gasteiger partial charge in [0.05, 0.1) is 15.6 Å². The van der Waals surface area contributed by atoms with Crippen LogP contribution in [0, 0.1) is 0 Å². The molecule has 0 radical (unpaired) electrons. The Kier molecular flexibility index (Phi) is 8.39. The van der Waals surface area contributed by atoms with Crippen molar-refractivity contribution in [2.75, 3.05) is 7.11 Å². The summed E-state index contributed by atoms with van der Waals surface area (Å²) in [7, 11) is 1.60. The first-order valence-corrected chi connectivity index (χ1v) is 11.1. The molecule has 1 amide bonds.